The van der Waals surface area contributed by atoms with Crippen LogP contribution in [0.15, 0.2) is 18.3 Å². The van der Waals surface area contributed by atoms with Crippen LogP contribution in [0.4, 0.5) is 5.82 Å². The summed E-state index contributed by atoms with van der Waals surface area (Å²) in [5.41, 5.74) is 1.27. The highest BCUT2D eigenvalue weighted by Gasteiger charge is 2.22. The molecule has 1 aliphatic heterocycles. The second-order valence-corrected chi connectivity index (χ2v) is 6.33. The molecule has 2 rings (SSSR count). The van der Waals surface area contributed by atoms with Crippen molar-refractivity contribution in [3.63, 3.8) is 0 Å². The number of pyridine rings is 1. The van der Waals surface area contributed by atoms with Gasteiger partial charge in [-0.2, -0.15) is 0 Å². The van der Waals surface area contributed by atoms with Crippen LogP contribution in [0.3, 0.4) is 0 Å². The van der Waals surface area contributed by atoms with E-state index in [2.05, 4.69) is 55.2 Å². The van der Waals surface area contributed by atoms with Gasteiger partial charge in [0.05, 0.1) is 0 Å². The molecule has 0 amide bonds. The Hall–Kier alpha value is -1.13. The van der Waals surface area contributed by atoms with Gasteiger partial charge in [0.15, 0.2) is 0 Å². The van der Waals surface area contributed by atoms with Crippen LogP contribution < -0.4 is 10.2 Å². The number of nitrogens with zero attached hydrogens (tertiary/aromatic N) is 3. The molecule has 21 heavy (non-hydrogen) atoms. The maximum Gasteiger partial charge on any atom is 0.128 e. The van der Waals surface area contributed by atoms with Gasteiger partial charge in [-0.1, -0.05) is 13.0 Å². The minimum absolute atomic E-state index is 0.377. The lowest BCUT2D eigenvalue weighted by Gasteiger charge is -2.36. The molecule has 1 N–H and O–H groups in total. The Morgan fingerprint density at radius 3 is 2.86 bits per heavy atom. The second kappa shape index (κ2) is 7.76. The highest BCUT2D eigenvalue weighted by molar-refractivity contribution is 5.40. The zero-order valence-corrected chi connectivity index (χ0v) is 14.0. The molecule has 0 aliphatic carbocycles. The molecule has 4 heteroatoms. The third kappa shape index (κ3) is 4.42. The van der Waals surface area contributed by atoms with Crippen molar-refractivity contribution in [3.05, 3.63) is 23.9 Å². The van der Waals surface area contributed by atoms with E-state index in [4.69, 9.17) is 4.98 Å². The normalized spacial score (nSPS) is 20.8. The summed E-state index contributed by atoms with van der Waals surface area (Å²) >= 11 is 0. The molecule has 2 atom stereocenters. The van der Waals surface area contributed by atoms with Crippen LogP contribution in [0.2, 0.25) is 0 Å². The molecule has 0 radical (unpaired) electrons. The van der Waals surface area contributed by atoms with E-state index in [-0.39, 0.29) is 0 Å². The predicted molar refractivity (Wildman–Crippen MR) is 89.9 cm³/mol. The van der Waals surface area contributed by atoms with Crippen LogP contribution in [0.5, 0.6) is 0 Å². The summed E-state index contributed by atoms with van der Waals surface area (Å²) in [5.74, 6) is 1.12. The average molecular weight is 290 g/mol. The summed E-state index contributed by atoms with van der Waals surface area (Å²) in [6.45, 7) is 7.66. The lowest BCUT2D eigenvalue weighted by molar-refractivity contribution is 0.257. The van der Waals surface area contributed by atoms with Crippen LogP contribution in [0, 0.1) is 0 Å². The average Bonchev–Trinajstić information content (AvgIpc) is 2.53. The van der Waals surface area contributed by atoms with E-state index in [0.29, 0.717) is 12.1 Å². The van der Waals surface area contributed by atoms with Gasteiger partial charge < -0.3 is 15.1 Å². The summed E-state index contributed by atoms with van der Waals surface area (Å²) in [4.78, 5) is 9.44. The fourth-order valence-electron chi connectivity index (χ4n) is 2.90. The number of likely N-dealkylation sites (N-methyl/N-ethyl adjacent to an activating group) is 1. The summed E-state index contributed by atoms with van der Waals surface area (Å²) < 4.78 is 0. The van der Waals surface area contributed by atoms with Crippen LogP contribution >= 0.6 is 0 Å². The van der Waals surface area contributed by atoms with E-state index < -0.39 is 0 Å². The Morgan fingerprint density at radius 2 is 2.24 bits per heavy atom. The Kier molecular flexibility index (Phi) is 6.00. The predicted octanol–water partition coefficient (Wildman–Crippen LogP) is 2.67. The van der Waals surface area contributed by atoms with Gasteiger partial charge in [0.2, 0.25) is 0 Å². The van der Waals surface area contributed by atoms with E-state index in [9.17, 15) is 0 Å². The number of hydrogen-bond donors (Lipinski definition) is 1. The van der Waals surface area contributed by atoms with Crippen molar-refractivity contribution in [1.82, 2.24) is 15.2 Å². The lowest BCUT2D eigenvalue weighted by Crippen LogP contribution is -2.45. The van der Waals surface area contributed by atoms with Crippen molar-refractivity contribution in [1.29, 1.82) is 0 Å². The summed E-state index contributed by atoms with van der Waals surface area (Å²) in [5, 5.41) is 3.51. The Morgan fingerprint density at radius 1 is 1.43 bits per heavy atom. The van der Waals surface area contributed by atoms with Gasteiger partial charge in [0.1, 0.15) is 5.82 Å². The Labute approximate surface area is 129 Å². The van der Waals surface area contributed by atoms with E-state index in [1.807, 2.05) is 6.20 Å². The largest absolute Gasteiger partial charge is 0.355 e. The fourth-order valence-corrected chi connectivity index (χ4v) is 2.90. The second-order valence-electron chi connectivity index (χ2n) is 6.33. The molecule has 2 unspecified atom stereocenters. The molecule has 1 aromatic heterocycles. The first kappa shape index (κ1) is 16.2. The molecule has 4 nitrogen and oxygen atoms in total. The smallest absolute Gasteiger partial charge is 0.128 e. The molecule has 1 aromatic rings. The number of piperidine rings is 1. The molecule has 118 valence electrons. The van der Waals surface area contributed by atoms with E-state index in [1.165, 1.54) is 18.4 Å². The number of anilines is 1. The third-order valence-corrected chi connectivity index (χ3v) is 4.42. The molecule has 2 heterocycles. The molecule has 1 fully saturated rings. The monoisotopic (exact) mass is 290 g/mol. The van der Waals surface area contributed by atoms with E-state index in [1.54, 1.807) is 0 Å². The van der Waals surface area contributed by atoms with Gasteiger partial charge in [-0.15, -0.1) is 0 Å². The van der Waals surface area contributed by atoms with Crippen LogP contribution in [0.25, 0.3) is 0 Å². The van der Waals surface area contributed by atoms with Crippen molar-refractivity contribution in [2.75, 3.05) is 38.6 Å². The van der Waals surface area contributed by atoms with Gasteiger partial charge in [-0.05, 0) is 58.5 Å². The first-order valence-corrected chi connectivity index (χ1v) is 8.22. The molecule has 0 aromatic carbocycles. The number of rotatable bonds is 6. The molecular weight excluding hydrogens is 260 g/mol. The summed E-state index contributed by atoms with van der Waals surface area (Å²) in [6, 6.07) is 5.42. The highest BCUT2D eigenvalue weighted by atomic mass is 15.2. The van der Waals surface area contributed by atoms with Crippen molar-refractivity contribution < 1.29 is 0 Å². The molecule has 0 spiro atoms. The standard InChI is InChI=1S/C17H30N4/c1-5-10-18-14(2)15-8-9-17(19-12-15)21-11-6-7-16(13-21)20(3)4/h8-9,12,14,16,18H,5-7,10-11,13H2,1-4H3. The number of aromatic nitrogens is 1. The molecule has 0 bridgehead atoms. The van der Waals surface area contributed by atoms with Crippen molar-refractivity contribution in [3.8, 4) is 0 Å². The van der Waals surface area contributed by atoms with Gasteiger partial charge in [-0.25, -0.2) is 4.98 Å². The first-order valence-electron chi connectivity index (χ1n) is 8.22. The molecule has 0 saturated carbocycles. The van der Waals surface area contributed by atoms with Crippen LogP contribution in [0.1, 0.15) is 44.7 Å². The molecular formula is C17H30N4. The first-order chi connectivity index (χ1) is 10.1. The van der Waals surface area contributed by atoms with Crippen LogP contribution in [-0.4, -0.2) is 49.7 Å². The van der Waals surface area contributed by atoms with Gasteiger partial charge in [0.25, 0.3) is 0 Å². The zero-order valence-electron chi connectivity index (χ0n) is 14.0. The van der Waals surface area contributed by atoms with Gasteiger partial charge in [0, 0.05) is 31.4 Å². The van der Waals surface area contributed by atoms with Crippen molar-refractivity contribution in [2.45, 2.75) is 45.2 Å². The Bertz CT molecular complexity index is 415. The van der Waals surface area contributed by atoms with Gasteiger partial charge in [-0.3, -0.25) is 0 Å². The Balaban J connectivity index is 1.98. The molecule has 1 aliphatic rings. The van der Waals surface area contributed by atoms with Crippen molar-refractivity contribution >= 4 is 5.82 Å². The number of nitrogens with one attached hydrogen (secondary N) is 1. The SMILES string of the molecule is CCCNC(C)c1ccc(N2CCCC(N(C)C)C2)nc1. The highest BCUT2D eigenvalue weighted by Crippen LogP contribution is 2.21. The lowest BCUT2D eigenvalue weighted by atomic mass is 10.0. The summed E-state index contributed by atoms with van der Waals surface area (Å²) in [6.07, 6.45) is 5.73. The van der Waals surface area contributed by atoms with Crippen molar-refractivity contribution in [2.24, 2.45) is 0 Å². The van der Waals surface area contributed by atoms with Gasteiger partial charge >= 0.3 is 0 Å². The minimum Gasteiger partial charge on any atom is -0.355 e. The maximum atomic E-state index is 4.69. The number of hydrogen-bond acceptors (Lipinski definition) is 4. The molecule has 1 saturated heterocycles. The topological polar surface area (TPSA) is 31.4 Å². The van der Waals surface area contributed by atoms with E-state index >= 15 is 0 Å². The quantitative estimate of drug-likeness (QED) is 0.873. The zero-order chi connectivity index (χ0) is 15.2. The van der Waals surface area contributed by atoms with Crippen LogP contribution in [-0.2, 0) is 0 Å². The third-order valence-electron chi connectivity index (χ3n) is 4.42. The minimum atomic E-state index is 0.377. The van der Waals surface area contributed by atoms with E-state index in [0.717, 1.165) is 31.9 Å². The fraction of sp³-hybridized carbons (Fsp3) is 0.706. The maximum absolute atomic E-state index is 4.69. The summed E-state index contributed by atoms with van der Waals surface area (Å²) in [7, 11) is 4.34.